The van der Waals surface area contributed by atoms with E-state index in [9.17, 15) is 0 Å². The summed E-state index contributed by atoms with van der Waals surface area (Å²) in [4.78, 5) is 0. The van der Waals surface area contributed by atoms with Gasteiger partial charge in [0.25, 0.3) is 0 Å². The summed E-state index contributed by atoms with van der Waals surface area (Å²) in [6.07, 6.45) is 0. The van der Waals surface area contributed by atoms with Crippen molar-refractivity contribution in [3.8, 4) is 4.29 Å². The maximum absolute atomic E-state index is 7.29. The van der Waals surface area contributed by atoms with Crippen molar-refractivity contribution in [1.29, 1.82) is 5.26 Å². The van der Waals surface area contributed by atoms with Gasteiger partial charge in [-0.3, -0.25) is 0 Å². The fourth-order valence-electron chi connectivity index (χ4n) is 0. The van der Waals surface area contributed by atoms with Crippen LogP contribution in [0.5, 0.6) is 0 Å². The van der Waals surface area contributed by atoms with Crippen LogP contribution in [0.15, 0.2) is 0 Å². The Morgan fingerprint density at radius 2 is 1.29 bits per heavy atom. The van der Waals surface area contributed by atoms with Crippen molar-refractivity contribution in [2.45, 2.75) is 0 Å². The summed E-state index contributed by atoms with van der Waals surface area (Å²) in [7, 11) is 8.06. The van der Waals surface area contributed by atoms with Gasteiger partial charge >= 0.3 is 88.1 Å². The third-order valence-electron chi connectivity index (χ3n) is 0. The molecule has 0 heterocycles. The molecule has 0 rings (SSSR count). The molecule has 0 saturated heterocycles. The number of nitrogens with zero attached hydrogens (tertiary/aromatic N) is 1. The molecule has 0 N–H and O–H groups in total. The second-order valence-electron chi connectivity index (χ2n) is 0.0674. The molecule has 0 aromatic heterocycles. The van der Waals surface area contributed by atoms with Gasteiger partial charge in [-0.15, -0.1) is 0 Å². The predicted molar refractivity (Wildman–Crippen MR) is 20.8 cm³/mol. The van der Waals surface area contributed by atoms with Gasteiger partial charge in [0, 0.05) is 0 Å². The monoisotopic (exact) mass is 681 g/mol. The Morgan fingerprint density at radius 1 is 1.29 bits per heavy atom. The van der Waals surface area contributed by atoms with Crippen LogP contribution < -0.4 is 0 Å². The van der Waals surface area contributed by atoms with Crippen LogP contribution in [-0.2, 0) is 59.4 Å². The van der Waals surface area contributed by atoms with E-state index in [0.29, 0.717) is 0 Å². The molecule has 0 amide bonds. The Kier molecular flexibility index (Phi) is 96.4. The number of hydrogen-bond donors (Lipinski definition) is 0. The average molecular weight is 681 g/mol. The van der Waals surface area contributed by atoms with Crippen LogP contribution in [0.3, 0.4) is 0 Å². The van der Waals surface area contributed by atoms with Crippen LogP contribution in [0.2, 0.25) is 0 Å². The van der Waals surface area contributed by atoms with Gasteiger partial charge in [-0.25, -0.2) is 0 Å². The van der Waals surface area contributed by atoms with E-state index in [2.05, 4.69) is 19.2 Å². The zero-order chi connectivity index (χ0) is 6.71. The molecule has 0 aromatic carbocycles. The van der Waals surface area contributed by atoms with Crippen molar-refractivity contribution in [2.24, 2.45) is 0 Å². The third-order valence-corrected chi connectivity index (χ3v) is 0. The van der Waals surface area contributed by atoms with E-state index in [1.807, 2.05) is 38.4 Å². The van der Waals surface area contributed by atoms with Crippen molar-refractivity contribution in [3.05, 3.63) is 0 Å². The molecule has 6 heteroatoms. The summed E-state index contributed by atoms with van der Waals surface area (Å²) in [5, 5.41) is 7.29. The first-order valence-corrected chi connectivity index (χ1v) is 7.50. The van der Waals surface area contributed by atoms with Gasteiger partial charge in [0.05, 0.1) is 0 Å². The first-order chi connectivity index (χ1) is 3.41. The van der Waals surface area contributed by atoms with Crippen molar-refractivity contribution in [2.75, 3.05) is 0 Å². The minimum absolute atomic E-state index is 1.69. The van der Waals surface area contributed by atoms with E-state index >= 15 is 0 Å². The molecule has 0 aliphatic rings. The van der Waals surface area contributed by atoms with E-state index in [1.54, 1.807) is 25.4 Å². The van der Waals surface area contributed by atoms with Crippen LogP contribution in [0.4, 0.5) is 0 Å². The molecule has 0 aliphatic carbocycles. The van der Waals surface area contributed by atoms with Crippen molar-refractivity contribution >= 4 is 19.2 Å². The first kappa shape index (κ1) is 16.1. The standard InChI is InChI=1S/CN.3Au.2S/c1-2;;;;;/q;2*-1;+2;;. The third kappa shape index (κ3) is 66.7. The van der Waals surface area contributed by atoms with Crippen LogP contribution in [-0.4, -0.2) is 0 Å². The molecule has 0 aromatic rings. The van der Waals surface area contributed by atoms with Gasteiger partial charge in [0.15, 0.2) is 0 Å². The fraction of sp³-hybridized carbons (Fsp3) is 0. The quantitative estimate of drug-likeness (QED) is 0.361. The molecule has 0 atom stereocenters. The van der Waals surface area contributed by atoms with Crippen LogP contribution in [0, 0.1) is 9.55 Å². The van der Waals surface area contributed by atoms with Gasteiger partial charge in [0.1, 0.15) is 0 Å². The van der Waals surface area contributed by atoms with Crippen molar-refractivity contribution in [3.63, 3.8) is 0 Å². The normalized spacial score (nSPS) is 3.00. The summed E-state index contributed by atoms with van der Waals surface area (Å²) in [5.41, 5.74) is 0. The summed E-state index contributed by atoms with van der Waals surface area (Å²) < 4.78 is 1.69. The summed E-state index contributed by atoms with van der Waals surface area (Å²) >= 11 is 5.46. The van der Waals surface area contributed by atoms with Crippen LogP contribution in [0.25, 0.3) is 0 Å². The maximum atomic E-state index is 7.29. The van der Waals surface area contributed by atoms with Gasteiger partial charge in [0.2, 0.25) is 0 Å². The van der Waals surface area contributed by atoms with E-state index in [4.69, 9.17) is 5.26 Å². The Labute approximate surface area is 86.6 Å². The molecule has 7 heavy (non-hydrogen) atoms. The van der Waals surface area contributed by atoms with E-state index < -0.39 is 0 Å². The van der Waals surface area contributed by atoms with Crippen molar-refractivity contribution < 1.29 is 59.4 Å². The van der Waals surface area contributed by atoms with Gasteiger partial charge < -0.3 is 0 Å². The molecule has 0 saturated carbocycles. The predicted octanol–water partition coefficient (Wildman–Crippen LogP) is 1.31. The van der Waals surface area contributed by atoms with E-state index in [1.165, 1.54) is 0 Å². The zero-order valence-corrected chi connectivity index (χ0v) is 10.8. The zero-order valence-electron chi connectivity index (χ0n) is 2.67. The molecule has 0 spiro atoms. The van der Waals surface area contributed by atoms with Gasteiger partial charge in [-0.05, 0) is 0 Å². The molecular weight excluding hydrogens is 681 g/mol. The number of rotatable bonds is 0. The molecule has 0 unspecified atom stereocenters. The summed E-state index contributed by atoms with van der Waals surface area (Å²) in [6.45, 7) is 0. The Hall–Kier alpha value is 2.15. The SMILES string of the molecule is N#[C][Au+2].[S]=[Au-].[S]=[Au-]. The fourth-order valence-corrected chi connectivity index (χ4v) is 0. The average Bonchev–Trinajstić information content (AvgIpc) is 1.78. The van der Waals surface area contributed by atoms with Crippen molar-refractivity contribution in [1.82, 2.24) is 0 Å². The molecule has 1 nitrogen and oxygen atoms in total. The molecule has 0 radical (unpaired) electrons. The second kappa shape index (κ2) is 42.0. The Morgan fingerprint density at radius 3 is 1.29 bits per heavy atom. The number of nitriles is 1. The van der Waals surface area contributed by atoms with E-state index in [0.717, 1.165) is 0 Å². The first-order valence-electron chi connectivity index (χ1n) is 0.621. The van der Waals surface area contributed by atoms with Crippen LogP contribution >= 0.6 is 19.2 Å². The van der Waals surface area contributed by atoms with Crippen LogP contribution in [0.1, 0.15) is 0 Å². The molecular formula is CAu3NS2. The van der Waals surface area contributed by atoms with E-state index in [-0.39, 0.29) is 0 Å². The summed E-state index contributed by atoms with van der Waals surface area (Å²) in [6, 6.07) is 0. The van der Waals surface area contributed by atoms with Gasteiger partial charge in [-0.1, -0.05) is 0 Å². The summed E-state index contributed by atoms with van der Waals surface area (Å²) in [5.74, 6) is 0. The molecule has 54 valence electrons. The Balaban J connectivity index is -0.0000000360. The minimum atomic E-state index is 1.69. The number of hydrogen-bond acceptors (Lipinski definition) is 3. The topological polar surface area (TPSA) is 23.8 Å². The molecule has 0 bridgehead atoms. The van der Waals surface area contributed by atoms with Gasteiger partial charge in [-0.2, -0.15) is 0 Å². The second-order valence-corrected chi connectivity index (χ2v) is 0.552. The Bertz CT molecular complexity index is 49.4. The molecule has 0 fully saturated rings. The molecule has 0 aliphatic heterocycles.